The van der Waals surface area contributed by atoms with E-state index >= 15 is 0 Å². The molecule has 0 aromatic heterocycles. The molecule has 11 heteroatoms. The van der Waals surface area contributed by atoms with E-state index in [0.717, 1.165) is 0 Å². The first-order valence-electron chi connectivity index (χ1n) is 7.51. The Morgan fingerprint density at radius 2 is 2.08 bits per heavy atom. The van der Waals surface area contributed by atoms with Gasteiger partial charge in [-0.1, -0.05) is 0 Å². The minimum atomic E-state index is -4.00. The molecule has 0 bridgehead atoms. The minimum absolute atomic E-state index is 0.0869. The van der Waals surface area contributed by atoms with Crippen LogP contribution in [0, 0.1) is 0 Å². The molecule has 25 heavy (non-hydrogen) atoms. The van der Waals surface area contributed by atoms with Crippen LogP contribution in [0.4, 0.5) is 5.69 Å². The molecule has 2 aliphatic rings. The van der Waals surface area contributed by atoms with E-state index in [2.05, 4.69) is 4.72 Å². The quantitative estimate of drug-likeness (QED) is 0.711. The van der Waals surface area contributed by atoms with Gasteiger partial charge in [0.25, 0.3) is 0 Å². The molecular weight excluding hydrogens is 392 g/mol. The monoisotopic (exact) mass is 408 g/mol. The van der Waals surface area contributed by atoms with E-state index in [-0.39, 0.29) is 22.3 Å². The molecule has 0 aliphatic carbocycles. The number of carbonyl (C=O) groups excluding carboxylic acids is 1. The van der Waals surface area contributed by atoms with Crippen molar-refractivity contribution in [3.63, 3.8) is 0 Å². The molecule has 138 valence electrons. The Bertz CT molecular complexity index is 915. The summed E-state index contributed by atoms with van der Waals surface area (Å²) in [5, 5.41) is -0.825. The van der Waals surface area contributed by atoms with Crippen molar-refractivity contribution >= 4 is 43.1 Å². The lowest BCUT2D eigenvalue weighted by atomic mass is 10.2. The Balaban J connectivity index is 1.91. The predicted molar refractivity (Wildman–Crippen MR) is 92.4 cm³/mol. The molecule has 1 saturated heterocycles. The average Bonchev–Trinajstić information content (AvgIpc) is 2.77. The fraction of sp³-hybridized carbons (Fsp3) is 0.500. The van der Waals surface area contributed by atoms with Crippen LogP contribution in [0.2, 0.25) is 0 Å². The number of sulfone groups is 1. The van der Waals surface area contributed by atoms with E-state index in [0.29, 0.717) is 24.6 Å². The molecule has 2 aliphatic heterocycles. The maximum Gasteiger partial charge on any atom is 0.240 e. The highest BCUT2D eigenvalue weighted by Crippen LogP contribution is 2.34. The number of hydrogen-bond acceptors (Lipinski definition) is 6. The Labute approximate surface area is 151 Å². The summed E-state index contributed by atoms with van der Waals surface area (Å²) in [5.41, 5.74) is 0.364. The van der Waals surface area contributed by atoms with Crippen LogP contribution in [-0.2, 0) is 24.7 Å². The number of halogens is 1. The minimum Gasteiger partial charge on any atom is -0.490 e. The highest BCUT2D eigenvalue weighted by Gasteiger charge is 2.39. The Morgan fingerprint density at radius 1 is 1.36 bits per heavy atom. The summed E-state index contributed by atoms with van der Waals surface area (Å²) in [7, 11) is -7.37. The lowest BCUT2D eigenvalue weighted by Crippen LogP contribution is -2.41. The van der Waals surface area contributed by atoms with E-state index < -0.39 is 31.3 Å². The number of hydrogen-bond donors (Lipinski definition) is 1. The van der Waals surface area contributed by atoms with Crippen LogP contribution in [0.3, 0.4) is 0 Å². The highest BCUT2D eigenvalue weighted by atomic mass is 35.5. The maximum absolute atomic E-state index is 12.6. The second-order valence-electron chi connectivity index (χ2n) is 5.97. The molecule has 3 rings (SSSR count). The number of anilines is 1. The first-order valence-corrected chi connectivity index (χ1v) is 11.2. The normalized spacial score (nSPS) is 25.3. The summed E-state index contributed by atoms with van der Waals surface area (Å²) >= 11 is 5.96. The van der Waals surface area contributed by atoms with Gasteiger partial charge in [0.15, 0.2) is 9.84 Å². The van der Waals surface area contributed by atoms with Gasteiger partial charge in [-0.3, -0.25) is 4.79 Å². The molecule has 2 atom stereocenters. The van der Waals surface area contributed by atoms with Crippen molar-refractivity contribution in [2.24, 2.45) is 0 Å². The van der Waals surface area contributed by atoms with Gasteiger partial charge in [0.1, 0.15) is 12.4 Å². The molecule has 2 heterocycles. The Hall–Kier alpha value is -1.36. The molecule has 1 amide bonds. The number of benzene rings is 1. The van der Waals surface area contributed by atoms with Crippen LogP contribution in [0.15, 0.2) is 23.1 Å². The number of sulfonamides is 1. The van der Waals surface area contributed by atoms with Crippen molar-refractivity contribution in [3.8, 4) is 5.75 Å². The third-order valence-electron chi connectivity index (χ3n) is 4.07. The SMILES string of the molecule is CC(=O)N1CCOc2ccc(S(=O)(=O)NC3CS(=O)(=O)CC3Cl)cc21. The van der Waals surface area contributed by atoms with Crippen LogP contribution >= 0.6 is 11.6 Å². The molecule has 0 radical (unpaired) electrons. The van der Waals surface area contributed by atoms with E-state index in [1.807, 2.05) is 0 Å². The van der Waals surface area contributed by atoms with Gasteiger partial charge in [-0.15, -0.1) is 11.6 Å². The number of alkyl halides is 1. The van der Waals surface area contributed by atoms with Gasteiger partial charge in [-0.05, 0) is 18.2 Å². The van der Waals surface area contributed by atoms with E-state index in [1.165, 1.54) is 30.0 Å². The average molecular weight is 409 g/mol. The van der Waals surface area contributed by atoms with Crippen LogP contribution < -0.4 is 14.4 Å². The lowest BCUT2D eigenvalue weighted by Gasteiger charge is -2.29. The van der Waals surface area contributed by atoms with Crippen LogP contribution in [0.1, 0.15) is 6.92 Å². The second-order valence-corrected chi connectivity index (χ2v) is 10.4. The van der Waals surface area contributed by atoms with Gasteiger partial charge in [-0.2, -0.15) is 0 Å². The van der Waals surface area contributed by atoms with Crippen molar-refractivity contribution in [1.29, 1.82) is 0 Å². The van der Waals surface area contributed by atoms with Gasteiger partial charge < -0.3 is 9.64 Å². The molecule has 1 fully saturated rings. The molecule has 1 aromatic rings. The van der Waals surface area contributed by atoms with Crippen LogP contribution in [0.5, 0.6) is 5.75 Å². The maximum atomic E-state index is 12.6. The number of nitrogens with one attached hydrogen (secondary N) is 1. The predicted octanol–water partition coefficient (Wildman–Crippen LogP) is 0.115. The first-order chi connectivity index (χ1) is 11.6. The molecule has 1 aromatic carbocycles. The standard InChI is InChI=1S/C14H17ClN2O6S2/c1-9(18)17-4-5-23-14-3-2-10(6-13(14)17)25(21,22)16-12-8-24(19,20)7-11(12)15/h2-3,6,11-12,16H,4-5,7-8H2,1H3. The van der Waals surface area contributed by atoms with Gasteiger partial charge in [0.05, 0.1) is 40.1 Å². The van der Waals surface area contributed by atoms with Gasteiger partial charge in [-0.25, -0.2) is 21.6 Å². The summed E-state index contributed by atoms with van der Waals surface area (Å²) in [6.45, 7) is 2.03. The summed E-state index contributed by atoms with van der Waals surface area (Å²) < 4.78 is 56.2. The summed E-state index contributed by atoms with van der Waals surface area (Å²) in [4.78, 5) is 13.1. The fourth-order valence-corrected chi connectivity index (χ4v) is 6.90. The number of nitrogens with zero attached hydrogens (tertiary/aromatic N) is 1. The fourth-order valence-electron chi connectivity index (χ4n) is 2.87. The number of rotatable bonds is 3. The van der Waals surface area contributed by atoms with Gasteiger partial charge in [0.2, 0.25) is 15.9 Å². The van der Waals surface area contributed by atoms with Crippen LogP contribution in [0.25, 0.3) is 0 Å². The van der Waals surface area contributed by atoms with E-state index in [9.17, 15) is 21.6 Å². The molecule has 8 nitrogen and oxygen atoms in total. The van der Waals surface area contributed by atoms with Gasteiger partial charge in [0, 0.05) is 6.92 Å². The molecular formula is C14H17ClN2O6S2. The summed E-state index contributed by atoms with van der Waals surface area (Å²) in [6.07, 6.45) is 0. The zero-order valence-electron chi connectivity index (χ0n) is 13.3. The van der Waals surface area contributed by atoms with E-state index in [4.69, 9.17) is 16.3 Å². The largest absolute Gasteiger partial charge is 0.490 e. The number of ether oxygens (including phenoxy) is 1. The molecule has 0 saturated carbocycles. The number of amides is 1. The van der Waals surface area contributed by atoms with Crippen LogP contribution in [-0.4, -0.2) is 58.8 Å². The smallest absolute Gasteiger partial charge is 0.240 e. The molecule has 0 spiro atoms. The summed E-state index contributed by atoms with van der Waals surface area (Å²) in [5.74, 6) is -0.417. The van der Waals surface area contributed by atoms with Crippen molar-refractivity contribution in [1.82, 2.24) is 4.72 Å². The van der Waals surface area contributed by atoms with Crippen molar-refractivity contribution < 1.29 is 26.4 Å². The summed E-state index contributed by atoms with van der Waals surface area (Å²) in [6, 6.07) is 3.26. The van der Waals surface area contributed by atoms with E-state index in [1.54, 1.807) is 0 Å². The molecule has 2 unspecified atom stereocenters. The zero-order valence-corrected chi connectivity index (χ0v) is 15.7. The second kappa shape index (κ2) is 6.42. The van der Waals surface area contributed by atoms with Crippen molar-refractivity contribution in [3.05, 3.63) is 18.2 Å². The van der Waals surface area contributed by atoms with Gasteiger partial charge >= 0.3 is 0 Å². The topological polar surface area (TPSA) is 110 Å². The molecule has 1 N–H and O–H groups in total. The number of fused-ring (bicyclic) bond motifs is 1. The van der Waals surface area contributed by atoms with Crippen molar-refractivity contribution in [2.75, 3.05) is 29.6 Å². The Kier molecular flexibility index (Phi) is 4.73. The third-order valence-corrected chi connectivity index (χ3v) is 7.94. The lowest BCUT2D eigenvalue weighted by molar-refractivity contribution is -0.116. The van der Waals surface area contributed by atoms with Crippen molar-refractivity contribution in [2.45, 2.75) is 23.2 Å². The zero-order chi connectivity index (χ0) is 18.4. The Morgan fingerprint density at radius 3 is 2.68 bits per heavy atom. The highest BCUT2D eigenvalue weighted by molar-refractivity contribution is 7.92. The first kappa shape index (κ1) is 18.4. The number of carbonyl (C=O) groups is 1. The third kappa shape index (κ3) is 3.76.